The van der Waals surface area contributed by atoms with Gasteiger partial charge in [0.2, 0.25) is 0 Å². The maximum atomic E-state index is 4.03. The first-order valence-electron chi connectivity index (χ1n) is 2.08. The van der Waals surface area contributed by atoms with Gasteiger partial charge in [0.1, 0.15) is 0 Å². The Bertz CT molecular complexity index is 19.5. The number of thiol groups is 1. The van der Waals surface area contributed by atoms with E-state index in [0.717, 1.165) is 11.1 Å². The van der Waals surface area contributed by atoms with Gasteiger partial charge in [-0.1, -0.05) is 15.9 Å². The summed E-state index contributed by atoms with van der Waals surface area (Å²) in [5.74, 6) is 1.02. The van der Waals surface area contributed by atoms with Gasteiger partial charge in [-0.25, -0.2) is 0 Å². The second kappa shape index (κ2) is 5.83. The molecule has 38 valence electrons. The highest BCUT2D eigenvalue weighted by Gasteiger charge is 1.77. The van der Waals surface area contributed by atoms with E-state index in [0.29, 0.717) is 0 Å². The molecule has 0 bridgehead atoms. The summed E-state index contributed by atoms with van der Waals surface area (Å²) >= 11 is 7.35. The topological polar surface area (TPSA) is 0 Å². The minimum absolute atomic E-state index is 1.02. The third-order valence-electron chi connectivity index (χ3n) is 0.542. The summed E-state index contributed by atoms with van der Waals surface area (Å²) in [5.41, 5.74) is 0. The smallest absolute Gasteiger partial charge is 0.00315 e. The predicted molar refractivity (Wildman–Crippen MR) is 36.9 cm³/mol. The van der Waals surface area contributed by atoms with E-state index in [2.05, 4.69) is 28.6 Å². The molecule has 0 spiro atoms. The number of unbranched alkanes of at least 4 members (excludes halogenated alkanes) is 1. The van der Waals surface area contributed by atoms with Crippen LogP contribution in [0.3, 0.4) is 0 Å². The molecule has 0 aliphatic rings. The van der Waals surface area contributed by atoms with Crippen molar-refractivity contribution in [3.05, 3.63) is 0 Å². The lowest BCUT2D eigenvalue weighted by molar-refractivity contribution is 0.916. The zero-order valence-corrected chi connectivity index (χ0v) is 6.13. The molecule has 0 fully saturated rings. The number of hydrogen-bond donors (Lipinski definition) is 1. The van der Waals surface area contributed by atoms with Crippen LogP contribution in [0.15, 0.2) is 0 Å². The molecule has 0 rings (SSSR count). The Morgan fingerprint density at radius 3 is 2.17 bits per heavy atom. The van der Waals surface area contributed by atoms with Crippen molar-refractivity contribution < 1.29 is 0 Å². The van der Waals surface area contributed by atoms with Gasteiger partial charge in [-0.2, -0.15) is 12.6 Å². The van der Waals surface area contributed by atoms with Crippen LogP contribution in [0.2, 0.25) is 0 Å². The van der Waals surface area contributed by atoms with Gasteiger partial charge >= 0.3 is 0 Å². The molecule has 0 heterocycles. The Hall–Kier alpha value is 0.830. The lowest BCUT2D eigenvalue weighted by Gasteiger charge is -1.84. The molecule has 0 atom stereocenters. The summed E-state index contributed by atoms with van der Waals surface area (Å²) in [6.07, 6.45) is 2.48. The van der Waals surface area contributed by atoms with Crippen LogP contribution in [0, 0.1) is 0 Å². The van der Waals surface area contributed by atoms with Crippen LogP contribution in [-0.4, -0.2) is 11.1 Å². The van der Waals surface area contributed by atoms with Crippen LogP contribution < -0.4 is 0 Å². The van der Waals surface area contributed by atoms with Crippen molar-refractivity contribution >= 4 is 28.6 Å². The van der Waals surface area contributed by atoms with Crippen LogP contribution in [0.25, 0.3) is 0 Å². The van der Waals surface area contributed by atoms with Crippen LogP contribution in [0.4, 0.5) is 0 Å². The fourth-order valence-electron chi connectivity index (χ4n) is 0.206. The summed E-state index contributed by atoms with van der Waals surface area (Å²) < 4.78 is 0. The van der Waals surface area contributed by atoms with Gasteiger partial charge in [-0.05, 0) is 18.6 Å². The Kier molecular flexibility index (Phi) is 6.64. The molecular formula is C4H9BrS. The Morgan fingerprint density at radius 1 is 1.33 bits per heavy atom. The predicted octanol–water partition coefficient (Wildman–Crippen LogP) is 2.09. The molecule has 0 aliphatic heterocycles. The maximum Gasteiger partial charge on any atom is 0.00315 e. The normalized spacial score (nSPS) is 9.00. The first-order chi connectivity index (χ1) is 2.91. The van der Waals surface area contributed by atoms with Crippen molar-refractivity contribution in [2.24, 2.45) is 0 Å². The van der Waals surface area contributed by atoms with E-state index in [1.807, 2.05) is 0 Å². The highest BCUT2D eigenvalue weighted by molar-refractivity contribution is 9.09. The van der Waals surface area contributed by atoms with E-state index in [9.17, 15) is 0 Å². The van der Waals surface area contributed by atoms with Gasteiger partial charge < -0.3 is 0 Å². The lowest BCUT2D eigenvalue weighted by Crippen LogP contribution is -1.74. The summed E-state index contributed by atoms with van der Waals surface area (Å²) in [4.78, 5) is 0. The van der Waals surface area contributed by atoms with Crippen LogP contribution in [0.1, 0.15) is 12.8 Å². The monoisotopic (exact) mass is 168 g/mol. The zero-order chi connectivity index (χ0) is 4.83. The van der Waals surface area contributed by atoms with Gasteiger partial charge in [0.05, 0.1) is 0 Å². The maximum absolute atomic E-state index is 4.03. The highest BCUT2D eigenvalue weighted by Crippen LogP contribution is 1.93. The summed E-state index contributed by atoms with van der Waals surface area (Å²) in [5, 5.41) is 1.12. The second-order valence-electron chi connectivity index (χ2n) is 1.12. The molecule has 0 aromatic heterocycles. The van der Waals surface area contributed by atoms with Crippen molar-refractivity contribution in [1.29, 1.82) is 0 Å². The minimum atomic E-state index is 1.02. The molecule has 0 aliphatic carbocycles. The molecule has 0 aromatic carbocycles. The van der Waals surface area contributed by atoms with Crippen molar-refractivity contribution in [2.45, 2.75) is 12.8 Å². The molecule has 0 N–H and O–H groups in total. The van der Waals surface area contributed by atoms with Crippen LogP contribution in [0.5, 0.6) is 0 Å². The van der Waals surface area contributed by atoms with E-state index in [1.54, 1.807) is 0 Å². The third kappa shape index (κ3) is 4.83. The molecule has 0 saturated carbocycles. The van der Waals surface area contributed by atoms with E-state index in [1.165, 1.54) is 12.8 Å². The quantitative estimate of drug-likeness (QED) is 0.373. The van der Waals surface area contributed by atoms with Gasteiger partial charge in [0, 0.05) is 5.33 Å². The molecule has 0 aromatic rings. The standard InChI is InChI=1S/C4H9BrS/c5-3-1-2-4-6/h6H,1-4H2. The summed E-state index contributed by atoms with van der Waals surface area (Å²) in [6, 6.07) is 0. The zero-order valence-electron chi connectivity index (χ0n) is 3.65. The average Bonchev–Trinajstić information content (AvgIpc) is 1.61. The number of rotatable bonds is 3. The minimum Gasteiger partial charge on any atom is -0.179 e. The third-order valence-corrected chi connectivity index (χ3v) is 1.42. The SMILES string of the molecule is SCCCCBr. The summed E-state index contributed by atoms with van der Waals surface area (Å²) in [6.45, 7) is 0. The van der Waals surface area contributed by atoms with Gasteiger partial charge in [0.15, 0.2) is 0 Å². The fraction of sp³-hybridized carbons (Fsp3) is 1.00. The second-order valence-corrected chi connectivity index (χ2v) is 2.36. The Labute approximate surface area is 52.9 Å². The van der Waals surface area contributed by atoms with Crippen LogP contribution >= 0.6 is 28.6 Å². The molecule has 0 unspecified atom stereocenters. The van der Waals surface area contributed by atoms with Gasteiger partial charge in [-0.3, -0.25) is 0 Å². The van der Waals surface area contributed by atoms with Crippen molar-refractivity contribution in [3.63, 3.8) is 0 Å². The van der Waals surface area contributed by atoms with Crippen molar-refractivity contribution in [3.8, 4) is 0 Å². The van der Waals surface area contributed by atoms with E-state index in [-0.39, 0.29) is 0 Å². The molecule has 0 amide bonds. The first kappa shape index (κ1) is 6.83. The van der Waals surface area contributed by atoms with E-state index in [4.69, 9.17) is 0 Å². The van der Waals surface area contributed by atoms with Crippen molar-refractivity contribution in [2.75, 3.05) is 11.1 Å². The Balaban J connectivity index is 2.34. The molecule has 2 heteroatoms. The molecule has 6 heavy (non-hydrogen) atoms. The largest absolute Gasteiger partial charge is 0.179 e. The lowest BCUT2D eigenvalue weighted by atomic mass is 10.4. The summed E-state index contributed by atoms with van der Waals surface area (Å²) in [7, 11) is 0. The highest BCUT2D eigenvalue weighted by atomic mass is 79.9. The molecule has 0 saturated heterocycles. The number of halogens is 1. The molecule has 0 radical (unpaired) electrons. The molecule has 0 nitrogen and oxygen atoms in total. The molecular weight excluding hydrogens is 160 g/mol. The van der Waals surface area contributed by atoms with Crippen LogP contribution in [-0.2, 0) is 0 Å². The Morgan fingerprint density at radius 2 is 2.00 bits per heavy atom. The van der Waals surface area contributed by atoms with Gasteiger partial charge in [-0.15, -0.1) is 0 Å². The fourth-order valence-corrected chi connectivity index (χ4v) is 0.826. The van der Waals surface area contributed by atoms with Crippen molar-refractivity contribution in [1.82, 2.24) is 0 Å². The first-order valence-corrected chi connectivity index (χ1v) is 3.84. The number of hydrogen-bond acceptors (Lipinski definition) is 1. The van der Waals surface area contributed by atoms with E-state index >= 15 is 0 Å². The average molecular weight is 169 g/mol. The van der Waals surface area contributed by atoms with Gasteiger partial charge in [0.25, 0.3) is 0 Å². The van der Waals surface area contributed by atoms with E-state index < -0.39 is 0 Å². The number of alkyl halides is 1.